The van der Waals surface area contributed by atoms with Gasteiger partial charge in [0.05, 0.1) is 11.5 Å². The number of carbonyl (C=O) groups excluding carboxylic acids is 1. The van der Waals surface area contributed by atoms with Crippen LogP contribution in [0, 0.1) is 0 Å². The number of nitrogens with zero attached hydrogens (tertiary/aromatic N) is 1. The highest BCUT2D eigenvalue weighted by Gasteiger charge is 2.33. The molecule has 0 N–H and O–H groups in total. The van der Waals surface area contributed by atoms with Gasteiger partial charge < -0.3 is 9.64 Å². The fourth-order valence-electron chi connectivity index (χ4n) is 2.47. The molecule has 0 aromatic heterocycles. The number of hydrogen-bond donors (Lipinski definition) is 0. The molecule has 0 spiro atoms. The molecule has 1 amide bonds. The van der Waals surface area contributed by atoms with Gasteiger partial charge in [0, 0.05) is 32.2 Å². The Morgan fingerprint density at radius 1 is 1.30 bits per heavy atom. The third kappa shape index (κ3) is 5.79. The normalized spacial score (nSPS) is 21.0. The Bertz CT molecular complexity index is 394. The fourth-order valence-corrected chi connectivity index (χ4v) is 4.20. The van der Waals surface area contributed by atoms with E-state index in [2.05, 4.69) is 6.92 Å². The lowest BCUT2D eigenvalue weighted by Gasteiger charge is -2.28. The SMILES string of the molecule is CCCCN(C(=O)CCCOCC)C1CCS(=O)(=O)C1. The molecule has 0 radical (unpaired) electrons. The monoisotopic (exact) mass is 305 g/mol. The van der Waals surface area contributed by atoms with Gasteiger partial charge in [-0.05, 0) is 26.2 Å². The molecular weight excluding hydrogens is 278 g/mol. The maximum Gasteiger partial charge on any atom is 0.222 e. The lowest BCUT2D eigenvalue weighted by molar-refractivity contribution is -0.133. The van der Waals surface area contributed by atoms with Crippen molar-refractivity contribution in [3.8, 4) is 0 Å². The van der Waals surface area contributed by atoms with Crippen LogP contribution in [0.4, 0.5) is 0 Å². The summed E-state index contributed by atoms with van der Waals surface area (Å²) in [5.41, 5.74) is 0. The maximum atomic E-state index is 12.3. The predicted molar refractivity (Wildman–Crippen MR) is 79.4 cm³/mol. The zero-order valence-corrected chi connectivity index (χ0v) is 13.5. The van der Waals surface area contributed by atoms with Gasteiger partial charge in [-0.15, -0.1) is 0 Å². The quantitative estimate of drug-likeness (QED) is 0.607. The summed E-state index contributed by atoms with van der Waals surface area (Å²) in [6, 6.07) is -0.119. The highest BCUT2D eigenvalue weighted by molar-refractivity contribution is 7.91. The first-order chi connectivity index (χ1) is 9.50. The molecule has 6 heteroatoms. The second-order valence-corrected chi connectivity index (χ2v) is 7.53. The number of amides is 1. The molecule has 1 aliphatic heterocycles. The summed E-state index contributed by atoms with van der Waals surface area (Å²) in [4.78, 5) is 14.1. The van der Waals surface area contributed by atoms with Crippen LogP contribution in [-0.4, -0.2) is 56.5 Å². The van der Waals surface area contributed by atoms with Crippen molar-refractivity contribution in [1.82, 2.24) is 4.90 Å². The molecule has 0 bridgehead atoms. The van der Waals surface area contributed by atoms with Gasteiger partial charge in [-0.3, -0.25) is 4.79 Å². The molecule has 20 heavy (non-hydrogen) atoms. The van der Waals surface area contributed by atoms with Gasteiger partial charge in [0.1, 0.15) is 0 Å². The molecule has 118 valence electrons. The van der Waals surface area contributed by atoms with E-state index in [0.717, 1.165) is 12.8 Å². The molecule has 1 fully saturated rings. The minimum atomic E-state index is -2.95. The van der Waals surface area contributed by atoms with Crippen molar-refractivity contribution in [2.75, 3.05) is 31.3 Å². The second-order valence-electron chi connectivity index (χ2n) is 5.30. The van der Waals surface area contributed by atoms with E-state index in [4.69, 9.17) is 4.74 Å². The largest absolute Gasteiger partial charge is 0.382 e. The van der Waals surface area contributed by atoms with E-state index in [9.17, 15) is 13.2 Å². The van der Waals surface area contributed by atoms with Crippen LogP contribution in [0.15, 0.2) is 0 Å². The van der Waals surface area contributed by atoms with Crippen molar-refractivity contribution < 1.29 is 17.9 Å². The summed E-state index contributed by atoms with van der Waals surface area (Å²) in [6.45, 7) is 5.92. The van der Waals surface area contributed by atoms with E-state index in [0.29, 0.717) is 39.0 Å². The van der Waals surface area contributed by atoms with E-state index in [-0.39, 0.29) is 23.5 Å². The van der Waals surface area contributed by atoms with Gasteiger partial charge in [0.25, 0.3) is 0 Å². The Morgan fingerprint density at radius 2 is 2.05 bits per heavy atom. The predicted octanol–water partition coefficient (Wildman–Crippen LogP) is 1.62. The number of hydrogen-bond acceptors (Lipinski definition) is 4. The standard InChI is InChI=1S/C14H27NO4S/c1-3-5-9-15(13-8-11-20(17,18)12-13)14(16)7-6-10-19-4-2/h13H,3-12H2,1-2H3. The van der Waals surface area contributed by atoms with Crippen molar-refractivity contribution in [3.05, 3.63) is 0 Å². The van der Waals surface area contributed by atoms with Crippen LogP contribution >= 0.6 is 0 Å². The van der Waals surface area contributed by atoms with Crippen molar-refractivity contribution in [1.29, 1.82) is 0 Å². The average Bonchev–Trinajstić information content (AvgIpc) is 2.75. The molecule has 0 saturated carbocycles. The summed E-state index contributed by atoms with van der Waals surface area (Å²) < 4.78 is 28.4. The first-order valence-electron chi connectivity index (χ1n) is 7.57. The first-order valence-corrected chi connectivity index (χ1v) is 9.40. The Balaban J connectivity index is 2.52. The summed E-state index contributed by atoms with van der Waals surface area (Å²) in [7, 11) is -2.95. The van der Waals surface area contributed by atoms with E-state index >= 15 is 0 Å². The molecule has 0 aromatic rings. The van der Waals surface area contributed by atoms with Gasteiger partial charge in [-0.2, -0.15) is 0 Å². The zero-order chi connectivity index (χ0) is 15.0. The van der Waals surface area contributed by atoms with Crippen molar-refractivity contribution in [2.45, 2.75) is 52.0 Å². The van der Waals surface area contributed by atoms with Gasteiger partial charge >= 0.3 is 0 Å². The molecule has 0 aromatic carbocycles. The third-order valence-electron chi connectivity index (χ3n) is 3.61. The third-order valence-corrected chi connectivity index (χ3v) is 5.36. The zero-order valence-electron chi connectivity index (χ0n) is 12.6. The molecule has 1 atom stereocenters. The Kier molecular flexibility index (Phi) is 7.51. The topological polar surface area (TPSA) is 63.7 Å². The minimum Gasteiger partial charge on any atom is -0.382 e. The van der Waals surface area contributed by atoms with Gasteiger partial charge in [0.15, 0.2) is 9.84 Å². The van der Waals surface area contributed by atoms with E-state index in [1.807, 2.05) is 6.92 Å². The molecule has 1 heterocycles. The van der Waals surface area contributed by atoms with Crippen molar-refractivity contribution >= 4 is 15.7 Å². The summed E-state index contributed by atoms with van der Waals surface area (Å²) in [6.07, 6.45) is 3.66. The Hall–Kier alpha value is -0.620. The summed E-state index contributed by atoms with van der Waals surface area (Å²) in [5, 5.41) is 0. The number of carbonyl (C=O) groups is 1. The highest BCUT2D eigenvalue weighted by Crippen LogP contribution is 2.19. The molecule has 1 saturated heterocycles. The van der Waals surface area contributed by atoms with Gasteiger partial charge in [-0.1, -0.05) is 13.3 Å². The van der Waals surface area contributed by atoms with Gasteiger partial charge in [0.2, 0.25) is 5.91 Å². The molecule has 1 aliphatic rings. The molecule has 1 rings (SSSR count). The van der Waals surface area contributed by atoms with E-state index in [1.54, 1.807) is 4.90 Å². The Labute approximate surface area is 122 Å². The molecular formula is C14H27NO4S. The average molecular weight is 305 g/mol. The highest BCUT2D eigenvalue weighted by atomic mass is 32.2. The number of ether oxygens (including phenoxy) is 1. The fraction of sp³-hybridized carbons (Fsp3) is 0.929. The van der Waals surface area contributed by atoms with Crippen LogP contribution in [0.25, 0.3) is 0 Å². The van der Waals surface area contributed by atoms with Crippen LogP contribution in [0.5, 0.6) is 0 Å². The van der Waals surface area contributed by atoms with Crippen molar-refractivity contribution in [3.63, 3.8) is 0 Å². The first kappa shape index (κ1) is 17.4. The number of sulfone groups is 1. The van der Waals surface area contributed by atoms with Crippen LogP contribution < -0.4 is 0 Å². The summed E-state index contributed by atoms with van der Waals surface area (Å²) in [5.74, 6) is 0.417. The molecule has 5 nitrogen and oxygen atoms in total. The molecule has 0 aliphatic carbocycles. The van der Waals surface area contributed by atoms with Gasteiger partial charge in [-0.25, -0.2) is 8.42 Å². The lowest BCUT2D eigenvalue weighted by atomic mass is 10.1. The number of unbranched alkanes of at least 4 members (excludes halogenated alkanes) is 1. The van der Waals surface area contributed by atoms with Crippen LogP contribution in [0.1, 0.15) is 46.0 Å². The molecule has 1 unspecified atom stereocenters. The second kappa shape index (κ2) is 8.62. The maximum absolute atomic E-state index is 12.3. The lowest BCUT2D eigenvalue weighted by Crippen LogP contribution is -2.41. The van der Waals surface area contributed by atoms with E-state index in [1.165, 1.54) is 0 Å². The number of rotatable bonds is 9. The van der Waals surface area contributed by atoms with Crippen molar-refractivity contribution in [2.24, 2.45) is 0 Å². The minimum absolute atomic E-state index is 0.0697. The Morgan fingerprint density at radius 3 is 2.60 bits per heavy atom. The smallest absolute Gasteiger partial charge is 0.222 e. The van der Waals surface area contributed by atoms with Crippen LogP contribution in [-0.2, 0) is 19.4 Å². The van der Waals surface area contributed by atoms with Crippen LogP contribution in [0.3, 0.4) is 0 Å². The van der Waals surface area contributed by atoms with Crippen LogP contribution in [0.2, 0.25) is 0 Å². The summed E-state index contributed by atoms with van der Waals surface area (Å²) >= 11 is 0. The van der Waals surface area contributed by atoms with E-state index < -0.39 is 9.84 Å².